The summed E-state index contributed by atoms with van der Waals surface area (Å²) in [5, 5.41) is 3.05. The molecule has 0 aliphatic carbocycles. The maximum Gasteiger partial charge on any atom is 0.416 e. The largest absolute Gasteiger partial charge is 0.416 e. The van der Waals surface area contributed by atoms with E-state index in [1.54, 1.807) is 13.8 Å². The Morgan fingerprint density at radius 1 is 1.26 bits per heavy atom. The molecular weight excluding hydrogens is 379 g/mol. The number of hydrogen-bond donors (Lipinski definition) is 1. The van der Waals surface area contributed by atoms with E-state index in [1.807, 2.05) is 13.8 Å². The summed E-state index contributed by atoms with van der Waals surface area (Å²) < 4.78 is 38.6. The second kappa shape index (κ2) is 8.08. The molecule has 0 saturated heterocycles. The van der Waals surface area contributed by atoms with Gasteiger partial charge in [-0.2, -0.15) is 13.2 Å². The molecule has 0 fully saturated rings. The zero-order valence-electron chi connectivity index (χ0n) is 15.3. The van der Waals surface area contributed by atoms with Gasteiger partial charge in [0.05, 0.1) is 11.3 Å². The molecule has 27 heavy (non-hydrogen) atoms. The van der Waals surface area contributed by atoms with Gasteiger partial charge in [-0.25, -0.2) is 4.98 Å². The number of hydrogen-bond acceptors (Lipinski definition) is 4. The Labute approximate surface area is 159 Å². The van der Waals surface area contributed by atoms with Crippen molar-refractivity contribution in [1.82, 2.24) is 9.88 Å². The number of carbonyl (C=O) groups is 2. The van der Waals surface area contributed by atoms with Crippen LogP contribution < -0.4 is 5.32 Å². The molecule has 0 aliphatic heterocycles. The number of thiazole rings is 1. The van der Waals surface area contributed by atoms with Crippen LogP contribution in [0.1, 0.15) is 40.3 Å². The number of anilines is 1. The first-order chi connectivity index (χ1) is 12.5. The van der Waals surface area contributed by atoms with E-state index in [-0.39, 0.29) is 18.2 Å². The van der Waals surface area contributed by atoms with Crippen LogP contribution in [0.25, 0.3) is 0 Å². The van der Waals surface area contributed by atoms with Crippen LogP contribution in [0.3, 0.4) is 0 Å². The molecule has 1 aromatic heterocycles. The monoisotopic (exact) mass is 399 g/mol. The molecule has 0 saturated carbocycles. The zero-order chi connectivity index (χ0) is 20.4. The molecule has 2 aromatic rings. The van der Waals surface area contributed by atoms with Crippen LogP contribution in [-0.4, -0.2) is 34.3 Å². The lowest BCUT2D eigenvalue weighted by Gasteiger charge is -2.26. The SMILES string of the molecule is Cc1nc(NC(=O)CN(C(=O)c2cccc(C(F)(F)F)c2)C(C)C)sc1C. The Bertz CT molecular complexity index is 827. The highest BCUT2D eigenvalue weighted by molar-refractivity contribution is 7.15. The van der Waals surface area contributed by atoms with Gasteiger partial charge in [-0.1, -0.05) is 6.07 Å². The molecule has 1 N–H and O–H groups in total. The number of amides is 2. The molecule has 0 radical (unpaired) electrons. The third kappa shape index (κ3) is 5.29. The fourth-order valence-electron chi connectivity index (χ4n) is 2.32. The highest BCUT2D eigenvalue weighted by atomic mass is 32.1. The molecule has 9 heteroatoms. The van der Waals surface area contributed by atoms with Crippen molar-refractivity contribution in [3.05, 3.63) is 46.0 Å². The third-order valence-electron chi connectivity index (χ3n) is 3.91. The van der Waals surface area contributed by atoms with E-state index >= 15 is 0 Å². The third-order valence-corrected chi connectivity index (χ3v) is 4.90. The molecule has 1 heterocycles. The van der Waals surface area contributed by atoms with Gasteiger partial charge in [0.15, 0.2) is 5.13 Å². The Morgan fingerprint density at radius 2 is 1.93 bits per heavy atom. The topological polar surface area (TPSA) is 62.3 Å². The van der Waals surface area contributed by atoms with E-state index in [0.717, 1.165) is 22.7 Å². The van der Waals surface area contributed by atoms with Crippen molar-refractivity contribution in [3.8, 4) is 0 Å². The molecule has 0 aliphatic rings. The summed E-state index contributed by atoms with van der Waals surface area (Å²) in [6.45, 7) is 6.79. The molecular formula is C18H20F3N3O2S. The summed E-state index contributed by atoms with van der Waals surface area (Å²) in [6.07, 6.45) is -4.54. The van der Waals surface area contributed by atoms with Crippen LogP contribution in [0, 0.1) is 13.8 Å². The van der Waals surface area contributed by atoms with Crippen molar-refractivity contribution in [1.29, 1.82) is 0 Å². The first kappa shape index (κ1) is 20.9. The normalized spacial score (nSPS) is 11.6. The highest BCUT2D eigenvalue weighted by Gasteiger charge is 2.31. The lowest BCUT2D eigenvalue weighted by atomic mass is 10.1. The molecule has 1 aromatic carbocycles. The molecule has 0 atom stereocenters. The van der Waals surface area contributed by atoms with Gasteiger partial charge < -0.3 is 10.2 Å². The fraction of sp³-hybridized carbons (Fsp3) is 0.389. The van der Waals surface area contributed by atoms with E-state index < -0.39 is 23.6 Å². The molecule has 0 bridgehead atoms. The predicted molar refractivity (Wildman–Crippen MR) is 97.8 cm³/mol. The average molecular weight is 399 g/mol. The molecule has 2 rings (SSSR count). The van der Waals surface area contributed by atoms with Crippen LogP contribution in [0.15, 0.2) is 24.3 Å². The van der Waals surface area contributed by atoms with E-state index in [9.17, 15) is 22.8 Å². The number of benzene rings is 1. The van der Waals surface area contributed by atoms with Crippen LogP contribution in [0.5, 0.6) is 0 Å². The lowest BCUT2D eigenvalue weighted by Crippen LogP contribution is -2.42. The first-order valence-electron chi connectivity index (χ1n) is 8.21. The predicted octanol–water partition coefficient (Wildman–Crippen LogP) is 4.27. The van der Waals surface area contributed by atoms with Crippen LogP contribution in [-0.2, 0) is 11.0 Å². The molecule has 146 valence electrons. The molecule has 0 unspecified atom stereocenters. The smallest absolute Gasteiger partial charge is 0.327 e. The van der Waals surface area contributed by atoms with E-state index in [0.29, 0.717) is 5.13 Å². The van der Waals surface area contributed by atoms with Gasteiger partial charge in [-0.05, 0) is 45.9 Å². The van der Waals surface area contributed by atoms with Gasteiger partial charge in [0.2, 0.25) is 5.91 Å². The minimum atomic E-state index is -4.54. The number of aromatic nitrogens is 1. The Morgan fingerprint density at radius 3 is 2.44 bits per heavy atom. The van der Waals surface area contributed by atoms with Crippen molar-refractivity contribution in [3.63, 3.8) is 0 Å². The highest BCUT2D eigenvalue weighted by Crippen LogP contribution is 2.30. The van der Waals surface area contributed by atoms with E-state index in [4.69, 9.17) is 0 Å². The van der Waals surface area contributed by atoms with Crippen molar-refractivity contribution in [2.75, 3.05) is 11.9 Å². The first-order valence-corrected chi connectivity index (χ1v) is 9.02. The maximum absolute atomic E-state index is 12.9. The van der Waals surface area contributed by atoms with Crippen LogP contribution in [0.2, 0.25) is 0 Å². The Hall–Kier alpha value is -2.42. The minimum absolute atomic E-state index is 0.118. The number of nitrogens with zero attached hydrogens (tertiary/aromatic N) is 2. The quantitative estimate of drug-likeness (QED) is 0.817. The zero-order valence-corrected chi connectivity index (χ0v) is 16.2. The van der Waals surface area contributed by atoms with Crippen molar-refractivity contribution in [2.24, 2.45) is 0 Å². The number of halogens is 3. The molecule has 2 amide bonds. The summed E-state index contributed by atoms with van der Waals surface area (Å²) in [7, 11) is 0. The number of nitrogens with one attached hydrogen (secondary N) is 1. The number of aryl methyl sites for hydroxylation is 2. The Balaban J connectivity index is 2.16. The van der Waals surface area contributed by atoms with Gasteiger partial charge >= 0.3 is 6.18 Å². The van der Waals surface area contributed by atoms with Crippen molar-refractivity contribution < 1.29 is 22.8 Å². The maximum atomic E-state index is 12.9. The second-order valence-electron chi connectivity index (χ2n) is 6.31. The number of rotatable bonds is 5. The summed E-state index contributed by atoms with van der Waals surface area (Å²) >= 11 is 1.32. The minimum Gasteiger partial charge on any atom is -0.327 e. The number of alkyl halides is 3. The van der Waals surface area contributed by atoms with Crippen molar-refractivity contribution in [2.45, 2.75) is 39.9 Å². The number of carbonyl (C=O) groups excluding carboxylic acids is 2. The van der Waals surface area contributed by atoms with Gasteiger partial charge in [0, 0.05) is 16.5 Å². The molecule has 5 nitrogen and oxygen atoms in total. The summed E-state index contributed by atoms with van der Waals surface area (Å²) in [5.41, 5.74) is -0.224. The molecule has 0 spiro atoms. The van der Waals surface area contributed by atoms with Crippen LogP contribution in [0.4, 0.5) is 18.3 Å². The van der Waals surface area contributed by atoms with Gasteiger partial charge in [0.1, 0.15) is 6.54 Å². The van der Waals surface area contributed by atoms with Crippen LogP contribution >= 0.6 is 11.3 Å². The summed E-state index contributed by atoms with van der Waals surface area (Å²) in [6, 6.07) is 3.80. The van der Waals surface area contributed by atoms with Gasteiger partial charge in [-0.3, -0.25) is 9.59 Å². The standard InChI is InChI=1S/C18H20F3N3O2S/c1-10(2)24(9-15(25)23-17-22-11(3)12(4)27-17)16(26)13-6-5-7-14(8-13)18(19,20)21/h5-8,10H,9H2,1-4H3,(H,22,23,25). The lowest BCUT2D eigenvalue weighted by molar-refractivity contribution is -0.137. The van der Waals surface area contributed by atoms with E-state index in [1.165, 1.54) is 28.4 Å². The van der Waals surface area contributed by atoms with Gasteiger partial charge in [0.25, 0.3) is 5.91 Å². The summed E-state index contributed by atoms with van der Waals surface area (Å²) in [4.78, 5) is 31.4. The average Bonchev–Trinajstić information content (AvgIpc) is 2.88. The fourth-order valence-corrected chi connectivity index (χ4v) is 3.15. The second-order valence-corrected chi connectivity index (χ2v) is 7.52. The Kier molecular flexibility index (Phi) is 6.25. The van der Waals surface area contributed by atoms with Crippen molar-refractivity contribution >= 4 is 28.3 Å². The van der Waals surface area contributed by atoms with E-state index in [2.05, 4.69) is 10.3 Å². The van der Waals surface area contributed by atoms with Gasteiger partial charge in [-0.15, -0.1) is 11.3 Å². The summed E-state index contributed by atoms with van der Waals surface area (Å²) in [5.74, 6) is -1.10.